The number of nitrogens with zero attached hydrogens (tertiary/aromatic N) is 3. The van der Waals surface area contributed by atoms with E-state index >= 15 is 0 Å². The number of aliphatic hydroxyl groups excluding tert-OH is 1. The van der Waals surface area contributed by atoms with Gasteiger partial charge in [0, 0.05) is 51.2 Å². The maximum atomic E-state index is 9.37. The monoisotopic (exact) mass is 249 g/mol. The highest BCUT2D eigenvalue weighted by Gasteiger charge is 2.17. The number of β-amino-alcohol motifs (C(OH)–C–C–N with tert-alkyl or cyclic N) is 1. The van der Waals surface area contributed by atoms with Crippen molar-refractivity contribution in [1.82, 2.24) is 14.8 Å². The van der Waals surface area contributed by atoms with E-state index < -0.39 is 0 Å². The van der Waals surface area contributed by atoms with Crippen LogP contribution in [-0.2, 0) is 6.54 Å². The third-order valence-electron chi connectivity index (χ3n) is 3.37. The molecule has 0 bridgehead atoms. The number of piperazine rings is 1. The molecule has 1 aliphatic heterocycles. The van der Waals surface area contributed by atoms with Crippen molar-refractivity contribution in [2.75, 3.05) is 32.7 Å². The molecular formula is C14H23N3O. The van der Waals surface area contributed by atoms with Gasteiger partial charge in [0.05, 0.1) is 6.10 Å². The zero-order chi connectivity index (χ0) is 13.0. The molecule has 0 aromatic carbocycles. The van der Waals surface area contributed by atoms with Crippen LogP contribution < -0.4 is 0 Å². The van der Waals surface area contributed by atoms with E-state index in [1.807, 2.05) is 20.0 Å². The summed E-state index contributed by atoms with van der Waals surface area (Å²) in [5.41, 5.74) is 2.35. The first-order valence-corrected chi connectivity index (χ1v) is 6.68. The van der Waals surface area contributed by atoms with Gasteiger partial charge in [0.15, 0.2) is 0 Å². The largest absolute Gasteiger partial charge is 0.392 e. The third kappa shape index (κ3) is 4.05. The summed E-state index contributed by atoms with van der Waals surface area (Å²) < 4.78 is 0. The van der Waals surface area contributed by atoms with Crippen LogP contribution in [0, 0.1) is 6.92 Å². The molecule has 2 heterocycles. The van der Waals surface area contributed by atoms with E-state index in [0.717, 1.165) is 45.0 Å². The van der Waals surface area contributed by atoms with Crippen molar-refractivity contribution in [3.8, 4) is 0 Å². The Kier molecular flexibility index (Phi) is 4.69. The molecule has 0 unspecified atom stereocenters. The maximum Gasteiger partial charge on any atom is 0.0639 e. The molecule has 1 N–H and O–H groups in total. The Hall–Kier alpha value is -0.970. The molecule has 1 aromatic heterocycles. The average Bonchev–Trinajstić information content (AvgIpc) is 2.34. The molecule has 0 radical (unpaired) electrons. The first-order valence-electron chi connectivity index (χ1n) is 6.68. The molecule has 100 valence electrons. The van der Waals surface area contributed by atoms with Crippen LogP contribution in [0.2, 0.25) is 0 Å². The van der Waals surface area contributed by atoms with Gasteiger partial charge in [0.1, 0.15) is 0 Å². The SMILES string of the molecule is Cc1ccc(CN2CCN(C[C@@H](C)O)CC2)cn1. The van der Waals surface area contributed by atoms with Crippen LogP contribution in [0.5, 0.6) is 0 Å². The van der Waals surface area contributed by atoms with E-state index in [0.29, 0.717) is 0 Å². The Morgan fingerprint density at radius 2 is 1.89 bits per heavy atom. The minimum Gasteiger partial charge on any atom is -0.392 e. The summed E-state index contributed by atoms with van der Waals surface area (Å²) in [5, 5.41) is 9.37. The highest BCUT2D eigenvalue weighted by molar-refractivity contribution is 5.13. The van der Waals surface area contributed by atoms with Gasteiger partial charge in [0.25, 0.3) is 0 Å². The Balaban J connectivity index is 1.78. The Labute approximate surface area is 109 Å². The highest BCUT2D eigenvalue weighted by atomic mass is 16.3. The summed E-state index contributed by atoms with van der Waals surface area (Å²) in [4.78, 5) is 9.11. The quantitative estimate of drug-likeness (QED) is 0.860. The Morgan fingerprint density at radius 1 is 1.22 bits per heavy atom. The van der Waals surface area contributed by atoms with Gasteiger partial charge >= 0.3 is 0 Å². The van der Waals surface area contributed by atoms with E-state index in [1.165, 1.54) is 5.56 Å². The zero-order valence-electron chi connectivity index (χ0n) is 11.3. The summed E-state index contributed by atoms with van der Waals surface area (Å²) >= 11 is 0. The number of rotatable bonds is 4. The topological polar surface area (TPSA) is 39.6 Å². The van der Waals surface area contributed by atoms with Crippen molar-refractivity contribution in [1.29, 1.82) is 0 Å². The van der Waals surface area contributed by atoms with Crippen LogP contribution >= 0.6 is 0 Å². The number of hydrogen-bond acceptors (Lipinski definition) is 4. The minimum atomic E-state index is -0.224. The second kappa shape index (κ2) is 6.27. The minimum absolute atomic E-state index is 0.224. The number of hydrogen-bond donors (Lipinski definition) is 1. The molecule has 18 heavy (non-hydrogen) atoms. The van der Waals surface area contributed by atoms with Crippen molar-refractivity contribution in [3.63, 3.8) is 0 Å². The van der Waals surface area contributed by atoms with Gasteiger partial charge in [-0.2, -0.15) is 0 Å². The average molecular weight is 249 g/mol. The molecule has 0 amide bonds. The van der Waals surface area contributed by atoms with Crippen LogP contribution in [0.1, 0.15) is 18.2 Å². The number of aromatic nitrogens is 1. The summed E-state index contributed by atoms with van der Waals surface area (Å²) in [6.45, 7) is 9.87. The summed E-state index contributed by atoms with van der Waals surface area (Å²) in [6, 6.07) is 4.23. The number of pyridine rings is 1. The fourth-order valence-electron chi connectivity index (χ4n) is 2.35. The summed E-state index contributed by atoms with van der Waals surface area (Å²) in [6.07, 6.45) is 1.75. The molecule has 1 aromatic rings. The molecule has 4 heteroatoms. The molecule has 4 nitrogen and oxygen atoms in total. The van der Waals surface area contributed by atoms with Crippen LogP contribution in [0.3, 0.4) is 0 Å². The standard InChI is InChI=1S/C14H23N3O/c1-12-3-4-14(9-15-12)11-17-7-5-16(6-8-17)10-13(2)18/h3-4,9,13,18H,5-8,10-11H2,1-2H3/t13-/m1/s1. The number of aliphatic hydroxyl groups is 1. The molecule has 1 fully saturated rings. The lowest BCUT2D eigenvalue weighted by Crippen LogP contribution is -2.47. The van der Waals surface area contributed by atoms with Crippen LogP contribution in [0.25, 0.3) is 0 Å². The molecule has 2 rings (SSSR count). The predicted molar refractivity (Wildman–Crippen MR) is 72.4 cm³/mol. The Bertz CT molecular complexity index is 356. The zero-order valence-corrected chi connectivity index (χ0v) is 11.3. The van der Waals surface area contributed by atoms with Crippen LogP contribution in [0.15, 0.2) is 18.3 Å². The smallest absolute Gasteiger partial charge is 0.0639 e. The van der Waals surface area contributed by atoms with Gasteiger partial charge in [-0.05, 0) is 25.5 Å². The lowest BCUT2D eigenvalue weighted by molar-refractivity contribution is 0.0780. The van der Waals surface area contributed by atoms with Gasteiger partial charge < -0.3 is 5.11 Å². The fraction of sp³-hybridized carbons (Fsp3) is 0.643. The normalized spacial score (nSPS) is 19.9. The second-order valence-corrected chi connectivity index (χ2v) is 5.23. The fourth-order valence-corrected chi connectivity index (χ4v) is 2.35. The van der Waals surface area contributed by atoms with Crippen molar-refractivity contribution in [2.45, 2.75) is 26.5 Å². The van der Waals surface area contributed by atoms with Gasteiger partial charge in [-0.3, -0.25) is 14.8 Å². The summed E-state index contributed by atoms with van der Waals surface area (Å²) in [7, 11) is 0. The van der Waals surface area contributed by atoms with Crippen LogP contribution in [0.4, 0.5) is 0 Å². The van der Waals surface area contributed by atoms with E-state index in [1.54, 1.807) is 0 Å². The second-order valence-electron chi connectivity index (χ2n) is 5.23. The molecule has 0 aliphatic carbocycles. The highest BCUT2D eigenvalue weighted by Crippen LogP contribution is 2.08. The van der Waals surface area contributed by atoms with Crippen LogP contribution in [-0.4, -0.2) is 58.7 Å². The van der Waals surface area contributed by atoms with Crippen molar-refractivity contribution >= 4 is 0 Å². The lowest BCUT2D eigenvalue weighted by atomic mass is 10.2. The van der Waals surface area contributed by atoms with E-state index in [2.05, 4.69) is 26.9 Å². The van der Waals surface area contributed by atoms with E-state index in [4.69, 9.17) is 0 Å². The maximum absolute atomic E-state index is 9.37. The van der Waals surface area contributed by atoms with Gasteiger partial charge in [0.2, 0.25) is 0 Å². The van der Waals surface area contributed by atoms with Gasteiger partial charge in [-0.25, -0.2) is 0 Å². The van der Waals surface area contributed by atoms with Crippen molar-refractivity contribution < 1.29 is 5.11 Å². The molecule has 0 saturated carbocycles. The first kappa shape index (κ1) is 13.5. The Morgan fingerprint density at radius 3 is 2.44 bits per heavy atom. The van der Waals surface area contributed by atoms with Gasteiger partial charge in [-0.15, -0.1) is 0 Å². The van der Waals surface area contributed by atoms with Crippen molar-refractivity contribution in [3.05, 3.63) is 29.6 Å². The van der Waals surface area contributed by atoms with E-state index in [9.17, 15) is 5.11 Å². The molecular weight excluding hydrogens is 226 g/mol. The van der Waals surface area contributed by atoms with Crippen molar-refractivity contribution in [2.24, 2.45) is 0 Å². The molecule has 0 spiro atoms. The summed E-state index contributed by atoms with van der Waals surface area (Å²) in [5.74, 6) is 0. The third-order valence-corrected chi connectivity index (χ3v) is 3.37. The molecule has 1 atom stereocenters. The number of aryl methyl sites for hydroxylation is 1. The molecule has 1 aliphatic rings. The van der Waals surface area contributed by atoms with Gasteiger partial charge in [-0.1, -0.05) is 6.07 Å². The van der Waals surface area contributed by atoms with E-state index in [-0.39, 0.29) is 6.10 Å². The molecule has 1 saturated heterocycles. The lowest BCUT2D eigenvalue weighted by Gasteiger charge is -2.35. The predicted octanol–water partition coefficient (Wildman–Crippen LogP) is 0.888. The first-order chi connectivity index (χ1) is 8.63.